The van der Waals surface area contributed by atoms with Crippen molar-refractivity contribution < 1.29 is 23.9 Å². The zero-order chi connectivity index (χ0) is 14.9. The van der Waals surface area contributed by atoms with Gasteiger partial charge in [0.2, 0.25) is 0 Å². The van der Waals surface area contributed by atoms with E-state index in [9.17, 15) is 14.6 Å². The summed E-state index contributed by atoms with van der Waals surface area (Å²) in [6.45, 7) is 1.59. The number of hydrogen-bond donors (Lipinski definition) is 2. The van der Waals surface area contributed by atoms with Crippen molar-refractivity contribution in [3.8, 4) is 0 Å². The van der Waals surface area contributed by atoms with Crippen LogP contribution in [0.1, 0.15) is 5.56 Å². The molecule has 1 aliphatic heterocycles. The van der Waals surface area contributed by atoms with Gasteiger partial charge in [0, 0.05) is 17.0 Å². The highest BCUT2D eigenvalue weighted by molar-refractivity contribution is 9.10. The molecule has 0 saturated heterocycles. The van der Waals surface area contributed by atoms with E-state index < -0.39 is 24.8 Å². The summed E-state index contributed by atoms with van der Waals surface area (Å²) in [4.78, 5) is 1.34. The summed E-state index contributed by atoms with van der Waals surface area (Å²) in [6, 6.07) is 3.06. The zero-order valence-corrected chi connectivity index (χ0v) is 12.4. The van der Waals surface area contributed by atoms with Gasteiger partial charge in [-0.25, -0.2) is 4.39 Å². The molecular weight excluding hydrogens is 332 g/mol. The predicted molar refractivity (Wildman–Crippen MR) is 75.6 cm³/mol. The summed E-state index contributed by atoms with van der Waals surface area (Å²) >= 11 is 3.25. The van der Waals surface area contributed by atoms with Crippen molar-refractivity contribution in [3.05, 3.63) is 52.3 Å². The number of aliphatic hydroxyl groups is 2. The van der Waals surface area contributed by atoms with Gasteiger partial charge in [0.1, 0.15) is 5.82 Å². The predicted octanol–water partition coefficient (Wildman–Crippen LogP) is 2.28. The van der Waals surface area contributed by atoms with Crippen LogP contribution in [0.25, 0.3) is 0 Å². The Morgan fingerprint density at radius 2 is 1.75 bits per heavy atom. The molecule has 0 bridgehead atoms. The summed E-state index contributed by atoms with van der Waals surface area (Å²) in [5.74, 6) is -1.45. The molecule has 2 N–H and O–H groups in total. The standard InChI is InChI=1S/C12H12BBrFNO4/c1-7-3-8(14)4-9(12(7)15)13-19-10(17)5-16(2)6-11(18)20-13/h3-6,17-18H,1-2H3. The molecule has 0 atom stereocenters. The Morgan fingerprint density at radius 3 is 2.30 bits per heavy atom. The van der Waals surface area contributed by atoms with Gasteiger partial charge in [-0.2, -0.15) is 0 Å². The zero-order valence-electron chi connectivity index (χ0n) is 10.8. The Bertz CT molecular complexity index is 571. The molecule has 2 rings (SSSR count). The van der Waals surface area contributed by atoms with Crippen LogP contribution in [0.2, 0.25) is 0 Å². The minimum Gasteiger partial charge on any atom is -0.494 e. The van der Waals surface area contributed by atoms with Crippen LogP contribution in [0.4, 0.5) is 4.39 Å². The van der Waals surface area contributed by atoms with Crippen molar-refractivity contribution in [2.45, 2.75) is 6.92 Å². The van der Waals surface area contributed by atoms with E-state index in [4.69, 9.17) is 9.31 Å². The lowest BCUT2D eigenvalue weighted by Gasteiger charge is -2.21. The number of rotatable bonds is 1. The van der Waals surface area contributed by atoms with Crippen LogP contribution in [0.3, 0.4) is 0 Å². The van der Waals surface area contributed by atoms with Crippen LogP contribution in [0.15, 0.2) is 40.9 Å². The van der Waals surface area contributed by atoms with Crippen LogP contribution in [-0.2, 0) is 9.31 Å². The molecule has 0 radical (unpaired) electrons. The third kappa shape index (κ3) is 3.19. The molecule has 0 saturated carbocycles. The second-order valence-electron chi connectivity index (χ2n) is 4.29. The van der Waals surface area contributed by atoms with E-state index in [0.29, 0.717) is 10.0 Å². The van der Waals surface area contributed by atoms with Crippen molar-refractivity contribution in [1.82, 2.24) is 4.90 Å². The minimum absolute atomic E-state index is 0.0568. The van der Waals surface area contributed by atoms with Gasteiger partial charge in [-0.05, 0) is 24.6 Å². The minimum atomic E-state index is -1.30. The van der Waals surface area contributed by atoms with E-state index in [1.165, 1.54) is 23.4 Å². The highest BCUT2D eigenvalue weighted by Crippen LogP contribution is 2.17. The van der Waals surface area contributed by atoms with Gasteiger partial charge in [0.25, 0.3) is 11.9 Å². The summed E-state index contributed by atoms with van der Waals surface area (Å²) < 4.78 is 25.0. The number of aliphatic hydroxyl groups excluding tert-OH is 2. The average molecular weight is 344 g/mol. The van der Waals surface area contributed by atoms with Gasteiger partial charge < -0.3 is 24.4 Å². The third-order valence-electron chi connectivity index (χ3n) is 2.59. The van der Waals surface area contributed by atoms with E-state index in [2.05, 4.69) is 15.9 Å². The summed E-state index contributed by atoms with van der Waals surface area (Å²) in [6.07, 6.45) is 2.43. The molecule has 0 aromatic heterocycles. The fourth-order valence-corrected chi connectivity index (χ4v) is 2.33. The van der Waals surface area contributed by atoms with E-state index in [-0.39, 0.29) is 5.46 Å². The summed E-state index contributed by atoms with van der Waals surface area (Å²) in [5, 5.41) is 19.2. The largest absolute Gasteiger partial charge is 0.639 e. The van der Waals surface area contributed by atoms with Gasteiger partial charge in [-0.1, -0.05) is 15.9 Å². The highest BCUT2D eigenvalue weighted by Gasteiger charge is 2.33. The lowest BCUT2D eigenvalue weighted by molar-refractivity contribution is 0.124. The SMILES string of the molecule is Cc1cc(Br)cc(B2OC(O)=CN(C)C=C(O)O2)c1F. The van der Waals surface area contributed by atoms with Crippen molar-refractivity contribution in [2.75, 3.05) is 7.05 Å². The Kier molecular flexibility index (Phi) is 4.13. The van der Waals surface area contributed by atoms with E-state index in [1.807, 2.05) is 0 Å². The van der Waals surface area contributed by atoms with Gasteiger partial charge >= 0.3 is 7.12 Å². The molecule has 5 nitrogen and oxygen atoms in total. The van der Waals surface area contributed by atoms with Crippen molar-refractivity contribution >= 4 is 28.5 Å². The smallest absolute Gasteiger partial charge is 0.494 e. The molecule has 0 amide bonds. The first-order valence-corrected chi connectivity index (χ1v) is 6.48. The number of benzene rings is 1. The van der Waals surface area contributed by atoms with Crippen LogP contribution in [0, 0.1) is 12.7 Å². The topological polar surface area (TPSA) is 62.2 Å². The molecule has 0 aliphatic carbocycles. The van der Waals surface area contributed by atoms with Gasteiger partial charge in [-0.3, -0.25) is 0 Å². The first-order chi connectivity index (χ1) is 9.36. The van der Waals surface area contributed by atoms with Crippen molar-refractivity contribution in [3.63, 3.8) is 0 Å². The van der Waals surface area contributed by atoms with Crippen molar-refractivity contribution in [1.29, 1.82) is 0 Å². The van der Waals surface area contributed by atoms with E-state index >= 15 is 0 Å². The molecule has 1 aromatic rings. The lowest BCUT2D eigenvalue weighted by atomic mass is 9.77. The molecular formula is C12H12BBrFNO4. The molecule has 8 heteroatoms. The maximum atomic E-state index is 14.1. The number of aryl methyl sites for hydroxylation is 1. The molecule has 1 aromatic carbocycles. The highest BCUT2D eigenvalue weighted by atomic mass is 79.9. The Labute approximate surface area is 124 Å². The molecule has 0 fully saturated rings. The van der Waals surface area contributed by atoms with Gasteiger partial charge in [0.15, 0.2) is 0 Å². The molecule has 1 aliphatic rings. The fourth-order valence-electron chi connectivity index (χ4n) is 1.74. The Balaban J connectivity index is 2.42. The van der Waals surface area contributed by atoms with E-state index in [1.54, 1.807) is 20.0 Å². The molecule has 0 unspecified atom stereocenters. The normalized spacial score (nSPS) is 15.6. The average Bonchev–Trinajstić information content (AvgIpc) is 2.30. The second kappa shape index (κ2) is 5.66. The molecule has 1 heterocycles. The molecule has 20 heavy (non-hydrogen) atoms. The fraction of sp³-hybridized carbons (Fsp3) is 0.167. The lowest BCUT2D eigenvalue weighted by Crippen LogP contribution is -2.40. The quantitative estimate of drug-likeness (QED) is 0.766. The van der Waals surface area contributed by atoms with Crippen LogP contribution in [-0.4, -0.2) is 29.3 Å². The number of nitrogens with zero attached hydrogens (tertiary/aromatic N) is 1. The van der Waals surface area contributed by atoms with Gasteiger partial charge in [0.05, 0.1) is 12.4 Å². The summed E-state index contributed by atoms with van der Waals surface area (Å²) in [5.41, 5.74) is 0.439. The second-order valence-corrected chi connectivity index (χ2v) is 5.21. The first-order valence-electron chi connectivity index (χ1n) is 5.69. The number of halogens is 2. The van der Waals surface area contributed by atoms with Gasteiger partial charge in [-0.15, -0.1) is 0 Å². The van der Waals surface area contributed by atoms with Crippen LogP contribution >= 0.6 is 15.9 Å². The number of hydrogen-bond acceptors (Lipinski definition) is 5. The first kappa shape index (κ1) is 14.6. The van der Waals surface area contributed by atoms with Crippen LogP contribution < -0.4 is 5.46 Å². The third-order valence-corrected chi connectivity index (χ3v) is 3.04. The Morgan fingerprint density at radius 1 is 1.20 bits per heavy atom. The molecule has 0 spiro atoms. The maximum absolute atomic E-state index is 14.1. The Hall–Kier alpha value is -1.83. The monoisotopic (exact) mass is 343 g/mol. The van der Waals surface area contributed by atoms with Crippen LogP contribution in [0.5, 0.6) is 0 Å². The maximum Gasteiger partial charge on any atom is 0.639 e. The molecule has 106 valence electrons. The van der Waals surface area contributed by atoms with Crippen molar-refractivity contribution in [2.24, 2.45) is 0 Å². The summed E-state index contributed by atoms with van der Waals surface area (Å²) in [7, 11) is 0.260. The van der Waals surface area contributed by atoms with E-state index in [0.717, 1.165) is 0 Å².